The van der Waals surface area contributed by atoms with E-state index in [9.17, 15) is 9.59 Å². The summed E-state index contributed by atoms with van der Waals surface area (Å²) >= 11 is 1.44. The van der Waals surface area contributed by atoms with E-state index in [1.54, 1.807) is 17.2 Å². The molecule has 2 aromatic heterocycles. The number of hydrogen-bond donors (Lipinski definition) is 0. The summed E-state index contributed by atoms with van der Waals surface area (Å²) in [6.07, 6.45) is 4.70. The first-order chi connectivity index (χ1) is 10.8. The van der Waals surface area contributed by atoms with Crippen LogP contribution in [0.1, 0.15) is 39.3 Å². The number of esters is 1. The van der Waals surface area contributed by atoms with E-state index in [1.165, 1.54) is 11.3 Å². The van der Waals surface area contributed by atoms with Gasteiger partial charge in [0.15, 0.2) is 5.58 Å². The van der Waals surface area contributed by atoms with Crippen LogP contribution in [0.15, 0.2) is 22.9 Å². The van der Waals surface area contributed by atoms with Crippen molar-refractivity contribution in [3.63, 3.8) is 0 Å². The molecule has 122 valence electrons. The molecule has 0 radical (unpaired) electrons. The fraction of sp³-hybridized carbons (Fsp3) is 0.438. The van der Waals surface area contributed by atoms with Crippen molar-refractivity contribution in [2.45, 2.75) is 45.6 Å². The van der Waals surface area contributed by atoms with Gasteiger partial charge in [-0.3, -0.25) is 14.5 Å². The monoisotopic (exact) mass is 334 g/mol. The van der Waals surface area contributed by atoms with Crippen LogP contribution in [0.2, 0.25) is 0 Å². The summed E-state index contributed by atoms with van der Waals surface area (Å²) in [5.74, 6) is -0.222. The van der Waals surface area contributed by atoms with Gasteiger partial charge in [0.25, 0.3) is 0 Å². The highest BCUT2D eigenvalue weighted by Gasteiger charge is 2.22. The second-order valence-electron chi connectivity index (χ2n) is 6.35. The summed E-state index contributed by atoms with van der Waals surface area (Å²) in [6, 6.07) is 1.80. The average Bonchev–Trinajstić information content (AvgIpc) is 3.09. The summed E-state index contributed by atoms with van der Waals surface area (Å²) < 4.78 is 11.5. The van der Waals surface area contributed by atoms with Crippen molar-refractivity contribution >= 4 is 38.5 Å². The maximum Gasteiger partial charge on any atom is 0.306 e. The van der Waals surface area contributed by atoms with Crippen molar-refractivity contribution in [3.8, 4) is 0 Å². The molecule has 0 N–H and O–H groups in total. The predicted molar refractivity (Wildman–Crippen MR) is 87.3 cm³/mol. The fourth-order valence-electron chi connectivity index (χ4n) is 2.30. The Morgan fingerprint density at radius 3 is 2.91 bits per heavy atom. The van der Waals surface area contributed by atoms with Crippen LogP contribution in [-0.4, -0.2) is 22.6 Å². The van der Waals surface area contributed by atoms with Crippen LogP contribution in [0.4, 0.5) is 5.00 Å². The van der Waals surface area contributed by atoms with E-state index >= 15 is 0 Å². The topological polar surface area (TPSA) is 72.6 Å². The number of nitrogens with zero attached hydrogens (tertiary/aromatic N) is 2. The molecule has 7 heteroatoms. The van der Waals surface area contributed by atoms with Crippen molar-refractivity contribution in [2.24, 2.45) is 0 Å². The van der Waals surface area contributed by atoms with E-state index < -0.39 is 5.60 Å². The Balaban J connectivity index is 1.72. The zero-order chi connectivity index (χ0) is 16.6. The minimum Gasteiger partial charge on any atom is -0.460 e. The number of hydrogen-bond acceptors (Lipinski definition) is 6. The first kappa shape index (κ1) is 15.7. The van der Waals surface area contributed by atoms with E-state index in [1.807, 2.05) is 26.8 Å². The van der Waals surface area contributed by atoms with Crippen molar-refractivity contribution in [3.05, 3.63) is 24.0 Å². The molecule has 1 aliphatic heterocycles. The number of thiophene rings is 1. The molecule has 1 aliphatic rings. The number of fused-ring (bicyclic) bond motifs is 1. The maximum atomic E-state index is 11.8. The van der Waals surface area contributed by atoms with Gasteiger partial charge in [0.1, 0.15) is 16.3 Å². The highest BCUT2D eigenvalue weighted by molar-refractivity contribution is 7.23. The smallest absolute Gasteiger partial charge is 0.306 e. The summed E-state index contributed by atoms with van der Waals surface area (Å²) in [4.78, 5) is 25.2. The third-order valence-electron chi connectivity index (χ3n) is 3.24. The number of carbonyl (C=O) groups excluding carboxylic acids is 2. The van der Waals surface area contributed by atoms with Crippen molar-refractivity contribution in [2.75, 3.05) is 4.90 Å². The molecule has 0 saturated carbocycles. The molecule has 23 heavy (non-hydrogen) atoms. The summed E-state index contributed by atoms with van der Waals surface area (Å²) in [5.41, 5.74) is 0.865. The minimum absolute atomic E-state index is 0.0390. The minimum atomic E-state index is -0.491. The SMILES string of the molecule is CC(C)(C)OC(=O)CCc1noc2cc(N3C=CCC3=O)sc12. The number of ether oxygens (including phenoxy) is 1. The molecule has 2 aromatic rings. The van der Waals surface area contributed by atoms with Crippen LogP contribution in [-0.2, 0) is 20.7 Å². The standard InChI is InChI=1S/C16H18N2O4S/c1-16(2,3)21-14(20)7-6-10-15-11(22-17-10)9-13(23-15)18-8-4-5-12(18)19/h4,8-9H,5-7H2,1-3H3. The van der Waals surface area contributed by atoms with Crippen LogP contribution >= 0.6 is 11.3 Å². The Hall–Kier alpha value is -2.15. The second-order valence-corrected chi connectivity index (χ2v) is 7.38. The first-order valence-corrected chi connectivity index (χ1v) is 8.24. The van der Waals surface area contributed by atoms with Crippen LogP contribution in [0.25, 0.3) is 10.3 Å². The quantitative estimate of drug-likeness (QED) is 0.801. The molecule has 0 atom stereocenters. The Kier molecular flexibility index (Phi) is 3.97. The van der Waals surface area contributed by atoms with Gasteiger partial charge < -0.3 is 9.26 Å². The molecule has 0 aromatic carbocycles. The van der Waals surface area contributed by atoms with Gasteiger partial charge in [-0.25, -0.2) is 0 Å². The third kappa shape index (κ3) is 3.44. The van der Waals surface area contributed by atoms with Gasteiger partial charge in [-0.15, -0.1) is 11.3 Å². The molecule has 0 fully saturated rings. The van der Waals surface area contributed by atoms with Crippen LogP contribution < -0.4 is 4.90 Å². The lowest BCUT2D eigenvalue weighted by Gasteiger charge is -2.19. The van der Waals surface area contributed by atoms with E-state index in [-0.39, 0.29) is 18.3 Å². The highest BCUT2D eigenvalue weighted by atomic mass is 32.1. The second kappa shape index (κ2) is 5.81. The molecule has 0 unspecified atom stereocenters. The van der Waals surface area contributed by atoms with Gasteiger partial charge in [0.2, 0.25) is 5.91 Å². The molecular formula is C16H18N2O4S. The molecule has 6 nitrogen and oxygen atoms in total. The summed E-state index contributed by atoms with van der Waals surface area (Å²) in [5, 5.41) is 4.82. The maximum absolute atomic E-state index is 11.8. The van der Waals surface area contributed by atoms with Gasteiger partial charge in [0.05, 0.1) is 11.1 Å². The lowest BCUT2D eigenvalue weighted by atomic mass is 10.2. The molecule has 3 rings (SSSR count). The zero-order valence-electron chi connectivity index (χ0n) is 13.3. The van der Waals surface area contributed by atoms with Gasteiger partial charge in [0, 0.05) is 25.1 Å². The largest absolute Gasteiger partial charge is 0.460 e. The third-order valence-corrected chi connectivity index (χ3v) is 4.40. The Morgan fingerprint density at radius 1 is 1.48 bits per heavy atom. The fourth-order valence-corrected chi connectivity index (χ4v) is 3.39. The van der Waals surface area contributed by atoms with Crippen LogP contribution in [0.5, 0.6) is 0 Å². The van der Waals surface area contributed by atoms with Crippen molar-refractivity contribution in [1.82, 2.24) is 5.16 Å². The number of anilines is 1. The highest BCUT2D eigenvalue weighted by Crippen LogP contribution is 2.36. The van der Waals surface area contributed by atoms with Gasteiger partial charge in [-0.2, -0.15) is 0 Å². The van der Waals surface area contributed by atoms with Crippen molar-refractivity contribution < 1.29 is 18.8 Å². The zero-order valence-corrected chi connectivity index (χ0v) is 14.1. The van der Waals surface area contributed by atoms with Gasteiger partial charge >= 0.3 is 5.97 Å². The summed E-state index contributed by atoms with van der Waals surface area (Å²) in [7, 11) is 0. The van der Waals surface area contributed by atoms with E-state index in [4.69, 9.17) is 9.26 Å². The number of carbonyl (C=O) groups is 2. The Labute approximate surface area is 137 Å². The number of amides is 1. The number of aromatic nitrogens is 1. The molecule has 1 amide bonds. The van der Waals surface area contributed by atoms with Gasteiger partial charge in [-0.05, 0) is 20.8 Å². The normalized spacial score (nSPS) is 14.9. The molecule has 0 spiro atoms. The van der Waals surface area contributed by atoms with E-state index in [0.29, 0.717) is 18.4 Å². The van der Waals surface area contributed by atoms with Gasteiger partial charge in [-0.1, -0.05) is 11.2 Å². The Bertz CT molecular complexity index is 782. The first-order valence-electron chi connectivity index (χ1n) is 7.42. The molecular weight excluding hydrogens is 316 g/mol. The predicted octanol–water partition coefficient (Wildman–Crippen LogP) is 3.41. The molecule has 0 bridgehead atoms. The molecule has 0 saturated heterocycles. The number of aryl methyl sites for hydroxylation is 1. The Morgan fingerprint density at radius 2 is 2.26 bits per heavy atom. The summed E-state index contributed by atoms with van der Waals surface area (Å²) in [6.45, 7) is 5.52. The van der Waals surface area contributed by atoms with Crippen LogP contribution in [0.3, 0.4) is 0 Å². The van der Waals surface area contributed by atoms with Crippen molar-refractivity contribution in [1.29, 1.82) is 0 Å². The number of rotatable bonds is 4. The average molecular weight is 334 g/mol. The van der Waals surface area contributed by atoms with E-state index in [2.05, 4.69) is 5.16 Å². The van der Waals surface area contributed by atoms with E-state index in [0.717, 1.165) is 15.4 Å². The van der Waals surface area contributed by atoms with Crippen LogP contribution in [0, 0.1) is 0 Å². The molecule has 3 heterocycles. The lowest BCUT2D eigenvalue weighted by molar-refractivity contribution is -0.154. The molecule has 0 aliphatic carbocycles. The lowest BCUT2D eigenvalue weighted by Crippen LogP contribution is -2.24.